The van der Waals surface area contributed by atoms with E-state index in [2.05, 4.69) is 30.6 Å². The molecule has 176 valence electrons. The van der Waals surface area contributed by atoms with Crippen molar-refractivity contribution in [1.82, 2.24) is 29.9 Å². The van der Waals surface area contributed by atoms with E-state index in [1.807, 2.05) is 24.1 Å². The van der Waals surface area contributed by atoms with Crippen molar-refractivity contribution in [2.75, 3.05) is 30.4 Å². The summed E-state index contributed by atoms with van der Waals surface area (Å²) in [7, 11) is 3.69. The number of aliphatic hydroxyl groups excluding tert-OH is 1. The third kappa shape index (κ3) is 4.21. The van der Waals surface area contributed by atoms with E-state index >= 15 is 0 Å². The molecule has 0 amide bonds. The SMILES string of the molecule is CN(CC1(CO)CC1)c1ccc(-c2nc(Nc3ccc(-c4cn[nH]c4F)c(F)c3)n(C)n2)cn1. The van der Waals surface area contributed by atoms with Crippen LogP contribution in [-0.4, -0.2) is 55.3 Å². The highest BCUT2D eigenvalue weighted by molar-refractivity contribution is 5.68. The summed E-state index contributed by atoms with van der Waals surface area (Å²) in [5.74, 6) is 0.409. The number of nitrogens with one attached hydrogen (secondary N) is 2. The van der Waals surface area contributed by atoms with Crippen molar-refractivity contribution in [3.8, 4) is 22.5 Å². The minimum Gasteiger partial charge on any atom is -0.396 e. The van der Waals surface area contributed by atoms with E-state index in [4.69, 9.17) is 0 Å². The number of benzene rings is 1. The van der Waals surface area contributed by atoms with Crippen LogP contribution in [0.2, 0.25) is 0 Å². The monoisotopic (exact) mass is 466 g/mol. The summed E-state index contributed by atoms with van der Waals surface area (Å²) in [5.41, 5.74) is 1.36. The molecule has 3 heterocycles. The summed E-state index contributed by atoms with van der Waals surface area (Å²) in [6.45, 7) is 0.949. The summed E-state index contributed by atoms with van der Waals surface area (Å²) in [6, 6.07) is 8.16. The van der Waals surface area contributed by atoms with Crippen molar-refractivity contribution in [2.24, 2.45) is 12.5 Å². The highest BCUT2D eigenvalue weighted by Gasteiger charge is 2.43. The molecule has 0 saturated heterocycles. The summed E-state index contributed by atoms with van der Waals surface area (Å²) < 4.78 is 29.8. The lowest BCUT2D eigenvalue weighted by molar-refractivity contribution is 0.215. The number of rotatable bonds is 8. The van der Waals surface area contributed by atoms with Gasteiger partial charge in [-0.3, -0.25) is 5.10 Å². The Kier molecular flexibility index (Phi) is 5.48. The largest absolute Gasteiger partial charge is 0.396 e. The van der Waals surface area contributed by atoms with Crippen molar-refractivity contribution < 1.29 is 13.9 Å². The van der Waals surface area contributed by atoms with Gasteiger partial charge < -0.3 is 15.3 Å². The van der Waals surface area contributed by atoms with Crippen LogP contribution in [0.3, 0.4) is 0 Å². The molecule has 1 aliphatic carbocycles. The van der Waals surface area contributed by atoms with Gasteiger partial charge in [0.25, 0.3) is 0 Å². The maximum absolute atomic E-state index is 14.6. The summed E-state index contributed by atoms with van der Waals surface area (Å²) in [5, 5.41) is 22.8. The molecule has 3 N–H and O–H groups in total. The van der Waals surface area contributed by atoms with E-state index in [9.17, 15) is 13.9 Å². The number of aliphatic hydroxyl groups is 1. The Hall–Kier alpha value is -3.86. The molecule has 1 fully saturated rings. The Balaban J connectivity index is 1.30. The molecule has 0 bridgehead atoms. The van der Waals surface area contributed by atoms with Gasteiger partial charge in [-0.1, -0.05) is 0 Å². The Labute approximate surface area is 194 Å². The van der Waals surface area contributed by atoms with Crippen LogP contribution in [0.15, 0.2) is 42.7 Å². The molecule has 1 aliphatic rings. The minimum atomic E-state index is -0.691. The first kappa shape index (κ1) is 22.0. The Morgan fingerprint density at radius 3 is 2.62 bits per heavy atom. The van der Waals surface area contributed by atoms with Gasteiger partial charge in [0.2, 0.25) is 11.9 Å². The second-order valence-corrected chi connectivity index (χ2v) is 8.72. The van der Waals surface area contributed by atoms with Gasteiger partial charge in [0.15, 0.2) is 5.82 Å². The summed E-state index contributed by atoms with van der Waals surface area (Å²) >= 11 is 0. The van der Waals surface area contributed by atoms with E-state index in [1.54, 1.807) is 24.0 Å². The smallest absolute Gasteiger partial charge is 0.225 e. The number of nitrogens with zero attached hydrogens (tertiary/aromatic N) is 6. The number of aromatic nitrogens is 6. The van der Waals surface area contributed by atoms with E-state index in [0.29, 0.717) is 17.5 Å². The first-order chi connectivity index (χ1) is 16.4. The molecule has 11 heteroatoms. The van der Waals surface area contributed by atoms with Gasteiger partial charge in [-0.15, -0.1) is 5.10 Å². The number of hydrogen-bond acceptors (Lipinski definition) is 7. The number of anilines is 3. The zero-order valence-corrected chi connectivity index (χ0v) is 18.8. The first-order valence-corrected chi connectivity index (χ1v) is 10.8. The van der Waals surface area contributed by atoms with Crippen molar-refractivity contribution in [3.63, 3.8) is 0 Å². The van der Waals surface area contributed by atoms with E-state index in [0.717, 1.165) is 30.8 Å². The molecule has 0 atom stereocenters. The van der Waals surface area contributed by atoms with Gasteiger partial charge in [0.05, 0.1) is 18.4 Å². The fourth-order valence-electron chi connectivity index (χ4n) is 3.89. The molecular weight excluding hydrogens is 442 g/mol. The second kappa shape index (κ2) is 8.49. The minimum absolute atomic E-state index is 0.00256. The van der Waals surface area contributed by atoms with Crippen LogP contribution in [0.1, 0.15) is 12.8 Å². The summed E-state index contributed by atoms with van der Waals surface area (Å²) in [6.07, 6.45) is 5.01. The molecule has 5 rings (SSSR count). The molecular formula is C23H24F2N8O. The molecule has 1 aromatic carbocycles. The third-order valence-corrected chi connectivity index (χ3v) is 6.13. The maximum atomic E-state index is 14.6. The number of hydrogen-bond donors (Lipinski definition) is 3. The lowest BCUT2D eigenvalue weighted by Gasteiger charge is -2.23. The average molecular weight is 466 g/mol. The van der Waals surface area contributed by atoms with Crippen LogP contribution in [0.4, 0.5) is 26.2 Å². The van der Waals surface area contributed by atoms with Crippen molar-refractivity contribution >= 4 is 17.5 Å². The van der Waals surface area contributed by atoms with Gasteiger partial charge in [-0.25, -0.2) is 14.1 Å². The van der Waals surface area contributed by atoms with E-state index in [-0.39, 0.29) is 23.1 Å². The molecule has 0 aliphatic heterocycles. The van der Waals surface area contributed by atoms with Crippen LogP contribution < -0.4 is 10.2 Å². The first-order valence-electron chi connectivity index (χ1n) is 10.8. The zero-order valence-electron chi connectivity index (χ0n) is 18.8. The molecule has 3 aromatic heterocycles. The number of aryl methyl sites for hydroxylation is 1. The Bertz CT molecular complexity index is 1310. The van der Waals surface area contributed by atoms with Crippen LogP contribution in [-0.2, 0) is 7.05 Å². The number of halogens is 2. The molecule has 0 unspecified atom stereocenters. The van der Waals surface area contributed by atoms with Crippen molar-refractivity contribution in [1.29, 1.82) is 0 Å². The fourth-order valence-corrected chi connectivity index (χ4v) is 3.89. The molecule has 4 aromatic rings. The zero-order chi connectivity index (χ0) is 23.9. The van der Waals surface area contributed by atoms with Crippen LogP contribution in [0, 0.1) is 17.2 Å². The number of pyridine rings is 1. The van der Waals surface area contributed by atoms with Gasteiger partial charge >= 0.3 is 0 Å². The van der Waals surface area contributed by atoms with Crippen molar-refractivity contribution in [2.45, 2.75) is 12.8 Å². The maximum Gasteiger partial charge on any atom is 0.225 e. The average Bonchev–Trinajstić information content (AvgIpc) is 3.33. The van der Waals surface area contributed by atoms with E-state index < -0.39 is 11.8 Å². The van der Waals surface area contributed by atoms with Gasteiger partial charge in [0.1, 0.15) is 11.6 Å². The van der Waals surface area contributed by atoms with Gasteiger partial charge in [0, 0.05) is 49.1 Å². The third-order valence-electron chi connectivity index (χ3n) is 6.13. The lowest BCUT2D eigenvalue weighted by Crippen LogP contribution is -2.29. The van der Waals surface area contributed by atoms with Crippen LogP contribution in [0.25, 0.3) is 22.5 Å². The predicted molar refractivity (Wildman–Crippen MR) is 123 cm³/mol. The summed E-state index contributed by atoms with van der Waals surface area (Å²) in [4.78, 5) is 11.1. The topological polar surface area (TPSA) is 108 Å². The number of H-pyrrole nitrogens is 1. The normalized spacial score (nSPS) is 14.3. The predicted octanol–water partition coefficient (Wildman–Crippen LogP) is 3.50. The Morgan fingerprint density at radius 2 is 2.00 bits per heavy atom. The standard InChI is InChI=1S/C23H24F2N8O/c1-32(12-23(13-34)7-8-23)19-6-3-14(10-26-19)21-29-22(33(2)31-21)28-15-4-5-16(18(24)9-15)17-11-27-30-20(17)25/h3-6,9-11,34H,7-8,12-13H2,1-2H3,(H,27,30)(H,28,29,31). The van der Waals surface area contributed by atoms with Crippen molar-refractivity contribution in [3.05, 3.63) is 54.5 Å². The quantitative estimate of drug-likeness (QED) is 0.365. The van der Waals surface area contributed by atoms with Crippen LogP contribution in [0.5, 0.6) is 0 Å². The molecule has 34 heavy (non-hydrogen) atoms. The fraction of sp³-hybridized carbons (Fsp3) is 0.304. The molecule has 0 spiro atoms. The molecule has 1 saturated carbocycles. The highest BCUT2D eigenvalue weighted by atomic mass is 19.1. The van der Waals surface area contributed by atoms with Crippen LogP contribution >= 0.6 is 0 Å². The number of aromatic amines is 1. The molecule has 9 nitrogen and oxygen atoms in total. The lowest BCUT2D eigenvalue weighted by atomic mass is 10.1. The van der Waals surface area contributed by atoms with Gasteiger partial charge in [-0.05, 0) is 43.2 Å². The molecule has 0 radical (unpaired) electrons. The Morgan fingerprint density at radius 1 is 1.18 bits per heavy atom. The van der Waals surface area contributed by atoms with Gasteiger partial charge in [-0.2, -0.15) is 14.5 Å². The highest BCUT2D eigenvalue weighted by Crippen LogP contribution is 2.45. The second-order valence-electron chi connectivity index (χ2n) is 8.72. The van der Waals surface area contributed by atoms with E-state index in [1.165, 1.54) is 18.3 Å².